The van der Waals surface area contributed by atoms with Gasteiger partial charge in [-0.3, -0.25) is 9.69 Å². The summed E-state index contributed by atoms with van der Waals surface area (Å²) in [6.45, 7) is 0.970. The van der Waals surface area contributed by atoms with E-state index < -0.39 is 0 Å². The van der Waals surface area contributed by atoms with E-state index in [0.29, 0.717) is 12.1 Å². The molecule has 5 rings (SSSR count). The summed E-state index contributed by atoms with van der Waals surface area (Å²) in [4.78, 5) is 15.5. The Hall–Kier alpha value is -2.36. The Morgan fingerprint density at radius 1 is 0.931 bits per heavy atom. The Labute approximate surface area is 176 Å². The Morgan fingerprint density at radius 3 is 2.34 bits per heavy atom. The molecule has 0 aliphatic carbocycles. The molecule has 29 heavy (non-hydrogen) atoms. The number of nitrogens with zero attached hydrogens (tertiary/aromatic N) is 1. The molecular weight excluding hydrogens is 380 g/mol. The molecule has 0 aromatic heterocycles. The highest BCUT2D eigenvalue weighted by atomic mass is 35.5. The van der Waals surface area contributed by atoms with E-state index in [1.807, 2.05) is 42.5 Å². The van der Waals surface area contributed by atoms with Crippen LogP contribution < -0.4 is 5.32 Å². The summed E-state index contributed by atoms with van der Waals surface area (Å²) in [5.74, 6) is 0.0475. The van der Waals surface area contributed by atoms with E-state index in [0.717, 1.165) is 40.7 Å². The van der Waals surface area contributed by atoms with Crippen LogP contribution in [0.2, 0.25) is 5.02 Å². The van der Waals surface area contributed by atoms with E-state index in [4.69, 9.17) is 11.6 Å². The molecule has 3 aromatic carbocycles. The average molecular weight is 405 g/mol. The van der Waals surface area contributed by atoms with Gasteiger partial charge >= 0.3 is 0 Å². The summed E-state index contributed by atoms with van der Waals surface area (Å²) in [5, 5.41) is 6.37. The van der Waals surface area contributed by atoms with E-state index in [2.05, 4.69) is 34.5 Å². The van der Waals surface area contributed by atoms with Crippen LogP contribution in [-0.4, -0.2) is 28.9 Å². The third kappa shape index (κ3) is 3.90. The van der Waals surface area contributed by atoms with Crippen molar-refractivity contribution in [1.29, 1.82) is 0 Å². The Morgan fingerprint density at radius 2 is 1.62 bits per heavy atom. The highest BCUT2D eigenvalue weighted by molar-refractivity contribution is 6.30. The van der Waals surface area contributed by atoms with Crippen molar-refractivity contribution < 1.29 is 4.79 Å². The number of halogens is 1. The van der Waals surface area contributed by atoms with Gasteiger partial charge in [-0.15, -0.1) is 0 Å². The number of benzene rings is 3. The predicted molar refractivity (Wildman–Crippen MR) is 118 cm³/mol. The van der Waals surface area contributed by atoms with E-state index in [9.17, 15) is 4.79 Å². The minimum Gasteiger partial charge on any atom is -0.349 e. The Bertz CT molecular complexity index is 1020. The second-order valence-corrected chi connectivity index (χ2v) is 8.82. The number of carbonyl (C=O) groups is 1. The zero-order valence-electron chi connectivity index (χ0n) is 16.4. The van der Waals surface area contributed by atoms with Gasteiger partial charge in [-0.2, -0.15) is 0 Å². The zero-order valence-corrected chi connectivity index (χ0v) is 17.1. The maximum absolute atomic E-state index is 12.9. The van der Waals surface area contributed by atoms with Gasteiger partial charge in [-0.1, -0.05) is 54.1 Å². The number of hydrogen-bond acceptors (Lipinski definition) is 2. The van der Waals surface area contributed by atoms with Crippen molar-refractivity contribution >= 4 is 28.3 Å². The summed E-state index contributed by atoms with van der Waals surface area (Å²) < 4.78 is 0. The van der Waals surface area contributed by atoms with E-state index >= 15 is 0 Å². The van der Waals surface area contributed by atoms with Crippen LogP contribution in [0.3, 0.4) is 0 Å². The predicted octanol–water partition coefficient (Wildman–Crippen LogP) is 5.42. The molecule has 2 aliphatic heterocycles. The molecule has 2 fully saturated rings. The van der Waals surface area contributed by atoms with Gasteiger partial charge in [0.2, 0.25) is 0 Å². The van der Waals surface area contributed by atoms with Gasteiger partial charge in [0.25, 0.3) is 5.91 Å². The number of carbonyl (C=O) groups excluding carboxylic acids is 1. The third-order valence-electron chi connectivity index (χ3n) is 6.51. The SMILES string of the molecule is O=C(NC1CC2CCC(C1)N2Cc1ccc(Cl)cc1)c1ccc2ccccc2c1. The summed E-state index contributed by atoms with van der Waals surface area (Å²) in [5.41, 5.74) is 2.06. The highest BCUT2D eigenvalue weighted by Crippen LogP contribution is 2.37. The molecule has 0 radical (unpaired) electrons. The molecule has 3 aromatic rings. The zero-order chi connectivity index (χ0) is 19.8. The summed E-state index contributed by atoms with van der Waals surface area (Å²) in [6, 6.07) is 23.7. The van der Waals surface area contributed by atoms with Gasteiger partial charge in [0, 0.05) is 35.3 Å². The fraction of sp³-hybridized carbons (Fsp3) is 0.320. The number of amides is 1. The first-order chi connectivity index (χ1) is 14.2. The van der Waals surface area contributed by atoms with Crippen molar-refractivity contribution in [3.8, 4) is 0 Å². The Balaban J connectivity index is 1.24. The van der Waals surface area contributed by atoms with Crippen molar-refractivity contribution in [3.05, 3.63) is 82.9 Å². The fourth-order valence-electron chi connectivity index (χ4n) is 5.05. The van der Waals surface area contributed by atoms with Gasteiger partial charge in [0.15, 0.2) is 0 Å². The molecule has 2 bridgehead atoms. The maximum atomic E-state index is 12.9. The minimum absolute atomic E-state index is 0.0475. The van der Waals surface area contributed by atoms with Crippen molar-refractivity contribution in [2.45, 2.75) is 50.4 Å². The smallest absolute Gasteiger partial charge is 0.251 e. The van der Waals surface area contributed by atoms with Crippen LogP contribution in [0.25, 0.3) is 10.8 Å². The molecule has 2 unspecified atom stereocenters. The van der Waals surface area contributed by atoms with Crippen LogP contribution in [0.4, 0.5) is 0 Å². The van der Waals surface area contributed by atoms with Gasteiger partial charge in [-0.05, 0) is 66.3 Å². The largest absolute Gasteiger partial charge is 0.349 e. The lowest BCUT2D eigenvalue weighted by atomic mass is 9.96. The van der Waals surface area contributed by atoms with E-state index in [1.165, 1.54) is 18.4 Å². The van der Waals surface area contributed by atoms with Crippen LogP contribution in [0, 0.1) is 0 Å². The molecular formula is C25H25ClN2O. The van der Waals surface area contributed by atoms with Crippen molar-refractivity contribution in [2.75, 3.05) is 0 Å². The third-order valence-corrected chi connectivity index (χ3v) is 6.76. The summed E-state index contributed by atoms with van der Waals surface area (Å²) in [6.07, 6.45) is 4.51. The van der Waals surface area contributed by atoms with Gasteiger partial charge in [-0.25, -0.2) is 0 Å². The molecule has 1 N–H and O–H groups in total. The lowest BCUT2D eigenvalue weighted by Crippen LogP contribution is -2.49. The lowest BCUT2D eigenvalue weighted by Gasteiger charge is -2.39. The Kier molecular flexibility index (Phi) is 5.03. The molecule has 2 saturated heterocycles. The lowest BCUT2D eigenvalue weighted by molar-refractivity contribution is 0.0828. The number of piperidine rings is 1. The molecule has 0 spiro atoms. The topological polar surface area (TPSA) is 32.3 Å². The standard InChI is InChI=1S/C25H25ClN2O/c26-21-9-5-17(6-10-21)16-28-23-11-12-24(28)15-22(14-23)27-25(29)20-8-7-18-3-1-2-4-19(18)13-20/h1-10,13,22-24H,11-12,14-16H2,(H,27,29). The van der Waals surface area contributed by atoms with Gasteiger partial charge in [0.05, 0.1) is 0 Å². The average Bonchev–Trinajstić information content (AvgIpc) is 2.97. The molecule has 2 aliphatic rings. The first kappa shape index (κ1) is 18.7. The molecule has 148 valence electrons. The molecule has 2 atom stereocenters. The summed E-state index contributed by atoms with van der Waals surface area (Å²) in [7, 11) is 0. The highest BCUT2D eigenvalue weighted by Gasteiger charge is 2.40. The summed E-state index contributed by atoms with van der Waals surface area (Å²) >= 11 is 6.02. The van der Waals surface area contributed by atoms with Crippen molar-refractivity contribution in [2.24, 2.45) is 0 Å². The van der Waals surface area contributed by atoms with Crippen molar-refractivity contribution in [3.63, 3.8) is 0 Å². The minimum atomic E-state index is 0.0475. The first-order valence-electron chi connectivity index (χ1n) is 10.5. The normalized spacial score (nSPS) is 24.0. The molecule has 0 saturated carbocycles. The molecule has 4 heteroatoms. The van der Waals surface area contributed by atoms with Crippen LogP contribution in [-0.2, 0) is 6.54 Å². The number of rotatable bonds is 4. The molecule has 1 amide bonds. The second kappa shape index (κ2) is 7.81. The monoisotopic (exact) mass is 404 g/mol. The maximum Gasteiger partial charge on any atom is 0.251 e. The quantitative estimate of drug-likeness (QED) is 0.629. The number of fused-ring (bicyclic) bond motifs is 3. The van der Waals surface area contributed by atoms with E-state index in [-0.39, 0.29) is 11.9 Å². The number of nitrogens with one attached hydrogen (secondary N) is 1. The van der Waals surface area contributed by atoms with Gasteiger partial charge in [0.1, 0.15) is 0 Å². The van der Waals surface area contributed by atoms with Crippen LogP contribution in [0.15, 0.2) is 66.7 Å². The van der Waals surface area contributed by atoms with Crippen LogP contribution in [0.5, 0.6) is 0 Å². The van der Waals surface area contributed by atoms with Crippen LogP contribution >= 0.6 is 11.6 Å². The van der Waals surface area contributed by atoms with Gasteiger partial charge < -0.3 is 5.32 Å². The van der Waals surface area contributed by atoms with E-state index in [1.54, 1.807) is 0 Å². The number of hydrogen-bond donors (Lipinski definition) is 1. The fourth-order valence-corrected chi connectivity index (χ4v) is 5.18. The second-order valence-electron chi connectivity index (χ2n) is 8.39. The first-order valence-corrected chi connectivity index (χ1v) is 10.8. The van der Waals surface area contributed by atoms with Crippen LogP contribution in [0.1, 0.15) is 41.6 Å². The van der Waals surface area contributed by atoms with Crippen molar-refractivity contribution in [1.82, 2.24) is 10.2 Å². The molecule has 3 nitrogen and oxygen atoms in total. The molecule has 2 heterocycles.